The molecule has 3 aromatic carbocycles. The van der Waals surface area contributed by atoms with Gasteiger partial charge in [-0.3, -0.25) is 4.94 Å². The number of halogens is 1. The van der Waals surface area contributed by atoms with Crippen molar-refractivity contribution >= 4 is 6.08 Å². The van der Waals surface area contributed by atoms with Gasteiger partial charge in [0.15, 0.2) is 5.75 Å². The summed E-state index contributed by atoms with van der Waals surface area (Å²) in [5.74, 6) is 0.258. The van der Waals surface area contributed by atoms with Gasteiger partial charge in [-0.05, 0) is 28.8 Å². The van der Waals surface area contributed by atoms with Gasteiger partial charge in [-0.25, -0.2) is 0 Å². The van der Waals surface area contributed by atoms with Gasteiger partial charge in [0.2, 0.25) is 0 Å². The second-order valence-electron chi connectivity index (χ2n) is 5.33. The summed E-state index contributed by atoms with van der Waals surface area (Å²) in [6, 6.07) is 26.0. The van der Waals surface area contributed by atoms with Gasteiger partial charge in [-0.15, -0.1) is 0 Å². The third kappa shape index (κ3) is 3.16. The molecule has 0 heterocycles. The van der Waals surface area contributed by atoms with Crippen LogP contribution in [0.2, 0.25) is 0 Å². The maximum absolute atomic E-state index is 12.6. The van der Waals surface area contributed by atoms with Crippen LogP contribution in [-0.4, -0.2) is 0 Å². The van der Waals surface area contributed by atoms with Gasteiger partial charge in [0.05, 0.1) is 0 Å². The van der Waals surface area contributed by atoms with Crippen LogP contribution in [0.25, 0.3) is 6.08 Å². The molecule has 2 heteroatoms. The van der Waals surface area contributed by atoms with E-state index in [4.69, 9.17) is 0 Å². The molecule has 0 unspecified atom stereocenters. The molecule has 23 heavy (non-hydrogen) atoms. The molecule has 114 valence electrons. The standard InChI is InChI=1S/C21H17FO/c1-2-16-15-19(13-14-20(16)23-22)21(17-9-5-3-6-10-17)18-11-7-4-8-12-18/h2-15,21H,1H2. The van der Waals surface area contributed by atoms with Gasteiger partial charge in [0.1, 0.15) is 0 Å². The van der Waals surface area contributed by atoms with Crippen molar-refractivity contribution in [1.82, 2.24) is 0 Å². The first kappa shape index (κ1) is 15.0. The highest BCUT2D eigenvalue weighted by molar-refractivity contribution is 5.58. The highest BCUT2D eigenvalue weighted by atomic mass is 19.3. The van der Waals surface area contributed by atoms with Crippen LogP contribution in [0.3, 0.4) is 0 Å². The lowest BCUT2D eigenvalue weighted by Crippen LogP contribution is -2.03. The van der Waals surface area contributed by atoms with E-state index in [9.17, 15) is 4.53 Å². The second-order valence-corrected chi connectivity index (χ2v) is 5.33. The topological polar surface area (TPSA) is 9.23 Å². The molecule has 1 nitrogen and oxygen atoms in total. The average molecular weight is 304 g/mol. The predicted octanol–water partition coefficient (Wildman–Crippen LogP) is 5.77. The Morgan fingerprint density at radius 1 is 0.783 bits per heavy atom. The first-order valence-electron chi connectivity index (χ1n) is 7.48. The highest BCUT2D eigenvalue weighted by Crippen LogP contribution is 2.34. The molecule has 0 aliphatic rings. The van der Waals surface area contributed by atoms with E-state index in [0.29, 0.717) is 5.56 Å². The Kier molecular flexibility index (Phi) is 4.53. The van der Waals surface area contributed by atoms with Crippen LogP contribution < -0.4 is 4.94 Å². The number of hydrogen-bond donors (Lipinski definition) is 0. The molecule has 0 aliphatic heterocycles. The van der Waals surface area contributed by atoms with Gasteiger partial charge in [0.25, 0.3) is 0 Å². The fourth-order valence-corrected chi connectivity index (χ4v) is 2.84. The summed E-state index contributed by atoms with van der Waals surface area (Å²) in [5, 5.41) is 0. The van der Waals surface area contributed by atoms with E-state index >= 15 is 0 Å². The van der Waals surface area contributed by atoms with E-state index in [1.165, 1.54) is 11.1 Å². The largest absolute Gasteiger partial charge is 0.294 e. The van der Waals surface area contributed by atoms with Crippen molar-refractivity contribution in [2.75, 3.05) is 0 Å². The predicted molar refractivity (Wildman–Crippen MR) is 92.1 cm³/mol. The molecule has 0 spiro atoms. The first-order valence-corrected chi connectivity index (χ1v) is 7.48. The third-order valence-corrected chi connectivity index (χ3v) is 3.94. The third-order valence-electron chi connectivity index (χ3n) is 3.94. The van der Waals surface area contributed by atoms with Crippen molar-refractivity contribution in [2.45, 2.75) is 5.92 Å². The SMILES string of the molecule is C=Cc1cc(C(c2ccccc2)c2ccccc2)ccc1OF. The zero-order valence-corrected chi connectivity index (χ0v) is 12.7. The zero-order valence-electron chi connectivity index (χ0n) is 12.7. The van der Waals surface area contributed by atoms with Crippen molar-refractivity contribution in [3.8, 4) is 5.75 Å². The van der Waals surface area contributed by atoms with Crippen LogP contribution >= 0.6 is 0 Å². The van der Waals surface area contributed by atoms with Crippen LogP contribution in [0, 0.1) is 0 Å². The second kappa shape index (κ2) is 6.93. The molecule has 3 aromatic rings. The van der Waals surface area contributed by atoms with Gasteiger partial charge in [-0.2, -0.15) is 0 Å². The van der Waals surface area contributed by atoms with Crippen molar-refractivity contribution < 1.29 is 9.47 Å². The van der Waals surface area contributed by atoms with Crippen LogP contribution in [0.4, 0.5) is 4.53 Å². The first-order chi connectivity index (χ1) is 11.3. The summed E-state index contributed by atoms with van der Waals surface area (Å²) < 4.78 is 12.6. The monoisotopic (exact) mass is 304 g/mol. The molecule has 0 radical (unpaired) electrons. The normalized spacial score (nSPS) is 10.5. The average Bonchev–Trinajstić information content (AvgIpc) is 2.63. The Labute approximate surface area is 135 Å². The minimum atomic E-state index is 0.0739. The molecular formula is C21H17FO. The molecule has 0 bridgehead atoms. The maximum Gasteiger partial charge on any atom is 0.179 e. The van der Waals surface area contributed by atoms with E-state index in [1.54, 1.807) is 12.1 Å². The molecule has 0 saturated carbocycles. The lowest BCUT2D eigenvalue weighted by Gasteiger charge is -2.19. The Balaban J connectivity index is 2.15. The number of benzene rings is 3. The van der Waals surface area contributed by atoms with Crippen LogP contribution in [0.5, 0.6) is 5.75 Å². The summed E-state index contributed by atoms with van der Waals surface area (Å²) in [6.07, 6.45) is 1.60. The Morgan fingerprint density at radius 3 is 1.83 bits per heavy atom. The van der Waals surface area contributed by atoms with Crippen LogP contribution in [-0.2, 0) is 0 Å². The van der Waals surface area contributed by atoms with Crippen molar-refractivity contribution in [2.24, 2.45) is 0 Å². The van der Waals surface area contributed by atoms with Gasteiger partial charge >= 0.3 is 0 Å². The summed E-state index contributed by atoms with van der Waals surface area (Å²) in [4.78, 5) is 3.91. The number of hydrogen-bond acceptors (Lipinski definition) is 1. The summed E-state index contributed by atoms with van der Waals surface area (Å²) in [5.41, 5.74) is 4.07. The summed E-state index contributed by atoms with van der Waals surface area (Å²) in [7, 11) is 0. The van der Waals surface area contributed by atoms with E-state index in [-0.39, 0.29) is 11.7 Å². The Bertz CT molecular complexity index is 742. The van der Waals surface area contributed by atoms with E-state index < -0.39 is 0 Å². The van der Waals surface area contributed by atoms with E-state index in [1.807, 2.05) is 48.5 Å². The molecule has 0 fully saturated rings. The molecule has 0 saturated heterocycles. The lowest BCUT2D eigenvalue weighted by atomic mass is 9.84. The quantitative estimate of drug-likeness (QED) is 0.543. The highest BCUT2D eigenvalue weighted by Gasteiger charge is 2.17. The minimum Gasteiger partial charge on any atom is -0.294 e. The maximum atomic E-state index is 12.6. The van der Waals surface area contributed by atoms with Crippen LogP contribution in [0.1, 0.15) is 28.2 Å². The van der Waals surface area contributed by atoms with Crippen molar-refractivity contribution in [3.05, 3.63) is 108 Å². The fourth-order valence-electron chi connectivity index (χ4n) is 2.84. The zero-order chi connectivity index (χ0) is 16.1. The van der Waals surface area contributed by atoms with Gasteiger partial charge < -0.3 is 0 Å². The molecule has 0 aliphatic carbocycles. The Hall–Kier alpha value is -2.87. The lowest BCUT2D eigenvalue weighted by molar-refractivity contribution is -0.00647. The molecular weight excluding hydrogens is 287 g/mol. The van der Waals surface area contributed by atoms with E-state index in [0.717, 1.165) is 5.56 Å². The molecule has 0 atom stereocenters. The smallest absolute Gasteiger partial charge is 0.179 e. The molecule has 0 N–H and O–H groups in total. The molecule has 3 rings (SSSR count). The van der Waals surface area contributed by atoms with Gasteiger partial charge in [0, 0.05) is 16.0 Å². The van der Waals surface area contributed by atoms with Crippen LogP contribution in [0.15, 0.2) is 85.4 Å². The molecule has 0 amide bonds. The fraction of sp³-hybridized carbons (Fsp3) is 0.0476. The van der Waals surface area contributed by atoms with Crippen molar-refractivity contribution in [3.63, 3.8) is 0 Å². The minimum absolute atomic E-state index is 0.0739. The molecule has 0 aromatic heterocycles. The Morgan fingerprint density at radius 2 is 1.35 bits per heavy atom. The van der Waals surface area contributed by atoms with E-state index in [2.05, 4.69) is 35.8 Å². The van der Waals surface area contributed by atoms with Crippen molar-refractivity contribution in [1.29, 1.82) is 0 Å². The van der Waals surface area contributed by atoms with Gasteiger partial charge in [-0.1, -0.05) is 79.4 Å². The summed E-state index contributed by atoms with van der Waals surface area (Å²) >= 11 is 0. The summed E-state index contributed by atoms with van der Waals surface area (Å²) in [6.45, 7) is 3.74. The number of rotatable bonds is 5.